The van der Waals surface area contributed by atoms with Crippen molar-refractivity contribution >= 4 is 5.91 Å². The first-order valence-electron chi connectivity index (χ1n) is 12.3. The van der Waals surface area contributed by atoms with Gasteiger partial charge in [0.2, 0.25) is 0 Å². The minimum atomic E-state index is -0.110. The summed E-state index contributed by atoms with van der Waals surface area (Å²) in [5.74, 6) is 0.721. The van der Waals surface area contributed by atoms with Crippen LogP contribution in [0.15, 0.2) is 54.9 Å². The molecule has 2 aliphatic carbocycles. The number of hydrogen-bond acceptors (Lipinski definition) is 5. The number of nitrogens with zero attached hydrogens (tertiary/aromatic N) is 5. The third-order valence-electron chi connectivity index (χ3n) is 6.83. The summed E-state index contributed by atoms with van der Waals surface area (Å²) in [6.45, 7) is 3.98. The molecule has 1 amide bonds. The predicted octanol–water partition coefficient (Wildman–Crippen LogP) is 4.37. The van der Waals surface area contributed by atoms with E-state index in [1.54, 1.807) is 10.9 Å². The number of carbonyl (C=O) groups is 1. The van der Waals surface area contributed by atoms with E-state index < -0.39 is 0 Å². The van der Waals surface area contributed by atoms with Gasteiger partial charge < -0.3 is 5.32 Å². The second kappa shape index (κ2) is 8.73. The molecule has 0 saturated heterocycles. The highest BCUT2D eigenvalue weighted by molar-refractivity contribution is 5.95. The zero-order valence-electron chi connectivity index (χ0n) is 20.0. The Morgan fingerprint density at radius 3 is 2.71 bits per heavy atom. The van der Waals surface area contributed by atoms with Gasteiger partial charge in [-0.25, -0.2) is 14.6 Å². The first-order valence-corrected chi connectivity index (χ1v) is 12.3. The van der Waals surface area contributed by atoms with Crippen LogP contribution in [0.4, 0.5) is 0 Å². The van der Waals surface area contributed by atoms with E-state index in [-0.39, 0.29) is 11.9 Å². The number of pyridine rings is 1. The summed E-state index contributed by atoms with van der Waals surface area (Å²) in [6, 6.07) is 14.3. The Morgan fingerprint density at radius 1 is 1.06 bits per heavy atom. The van der Waals surface area contributed by atoms with Crippen molar-refractivity contribution in [3.8, 4) is 17.2 Å². The second-order valence-electron chi connectivity index (χ2n) is 9.68. The van der Waals surface area contributed by atoms with E-state index in [9.17, 15) is 4.79 Å². The van der Waals surface area contributed by atoms with Crippen molar-refractivity contribution in [2.75, 3.05) is 0 Å². The Morgan fingerprint density at radius 2 is 1.89 bits per heavy atom. The maximum Gasteiger partial charge on any atom is 0.255 e. The van der Waals surface area contributed by atoms with Crippen LogP contribution in [0.2, 0.25) is 0 Å². The maximum absolute atomic E-state index is 13.3. The van der Waals surface area contributed by atoms with Gasteiger partial charge in [-0.1, -0.05) is 30.3 Å². The standard InChI is InChI=1S/C28H28N6O/c1-17-6-5-8-22(31-17)14-18(2)32-27(35)24-16-30-34(26(24)20-11-12-20)28-29-15-21-13-10-19-7-3-4-9-23(19)25(21)33-28/h3-9,15-16,18,20H,10-14H2,1-2H3,(H,32,35)/t18-/m1/s1. The average molecular weight is 465 g/mol. The van der Waals surface area contributed by atoms with Crippen LogP contribution < -0.4 is 5.32 Å². The minimum absolute atomic E-state index is 0.0521. The van der Waals surface area contributed by atoms with Crippen LogP contribution in [-0.4, -0.2) is 36.7 Å². The summed E-state index contributed by atoms with van der Waals surface area (Å²) in [4.78, 5) is 27.4. The monoisotopic (exact) mass is 464 g/mol. The molecular formula is C28H28N6O. The molecule has 4 aromatic rings. The van der Waals surface area contributed by atoms with Crippen LogP contribution in [0.5, 0.6) is 0 Å². The van der Waals surface area contributed by atoms with E-state index in [1.807, 2.05) is 38.2 Å². The summed E-state index contributed by atoms with van der Waals surface area (Å²) >= 11 is 0. The average Bonchev–Trinajstić information content (AvgIpc) is 3.60. The third kappa shape index (κ3) is 4.22. The first-order chi connectivity index (χ1) is 17.1. The molecule has 1 fully saturated rings. The zero-order chi connectivity index (χ0) is 23.9. The molecule has 7 heteroatoms. The Labute approximate surface area is 204 Å². The predicted molar refractivity (Wildman–Crippen MR) is 134 cm³/mol. The number of carbonyl (C=O) groups excluding carboxylic acids is 1. The van der Waals surface area contributed by atoms with Gasteiger partial charge in [-0.15, -0.1) is 0 Å². The first kappa shape index (κ1) is 21.6. The fourth-order valence-electron chi connectivity index (χ4n) is 4.98. The lowest BCUT2D eigenvalue weighted by Crippen LogP contribution is -2.34. The normalized spacial score (nSPS) is 15.3. The highest BCUT2D eigenvalue weighted by atomic mass is 16.1. The molecule has 0 unspecified atom stereocenters. The van der Waals surface area contributed by atoms with Gasteiger partial charge in [0.25, 0.3) is 11.9 Å². The molecule has 1 atom stereocenters. The van der Waals surface area contributed by atoms with Gasteiger partial charge >= 0.3 is 0 Å². The quantitative estimate of drug-likeness (QED) is 0.458. The highest BCUT2D eigenvalue weighted by Crippen LogP contribution is 2.42. The Kier molecular flexibility index (Phi) is 5.40. The van der Waals surface area contributed by atoms with Crippen molar-refractivity contribution < 1.29 is 4.79 Å². The van der Waals surface area contributed by atoms with Crippen LogP contribution in [0.1, 0.15) is 64.2 Å². The molecule has 2 aliphatic rings. The van der Waals surface area contributed by atoms with Gasteiger partial charge in [0, 0.05) is 41.5 Å². The Hall–Kier alpha value is -3.87. The van der Waals surface area contributed by atoms with Crippen LogP contribution in [0.25, 0.3) is 17.2 Å². The van der Waals surface area contributed by atoms with E-state index in [0.717, 1.165) is 59.6 Å². The van der Waals surface area contributed by atoms with E-state index in [2.05, 4.69) is 44.6 Å². The number of amides is 1. The smallest absolute Gasteiger partial charge is 0.255 e. The van der Waals surface area contributed by atoms with Gasteiger partial charge in [-0.05, 0) is 62.8 Å². The molecule has 0 spiro atoms. The molecule has 1 saturated carbocycles. The number of benzene rings is 1. The number of aromatic nitrogens is 5. The van der Waals surface area contributed by atoms with Crippen molar-refractivity contribution in [1.82, 2.24) is 30.0 Å². The van der Waals surface area contributed by atoms with Gasteiger partial charge in [0.15, 0.2) is 0 Å². The maximum atomic E-state index is 13.3. The number of aryl methyl sites for hydroxylation is 3. The molecule has 176 valence electrons. The fraction of sp³-hybridized carbons (Fsp3) is 0.321. The SMILES string of the molecule is Cc1cccc(C[C@@H](C)NC(=O)c2cnn(-c3ncc4c(n3)-c3ccccc3CC4)c2C2CC2)n1. The van der Waals surface area contributed by atoms with Crippen molar-refractivity contribution in [3.05, 3.63) is 88.6 Å². The number of rotatable bonds is 6. The summed E-state index contributed by atoms with van der Waals surface area (Å²) < 4.78 is 1.77. The molecule has 7 nitrogen and oxygen atoms in total. The van der Waals surface area contributed by atoms with Gasteiger partial charge in [0.05, 0.1) is 23.1 Å². The van der Waals surface area contributed by atoms with Crippen molar-refractivity contribution in [2.45, 2.75) is 57.9 Å². The van der Waals surface area contributed by atoms with E-state index in [4.69, 9.17) is 4.98 Å². The Balaban J connectivity index is 1.29. The summed E-state index contributed by atoms with van der Waals surface area (Å²) in [5.41, 5.74) is 8.07. The molecule has 0 aliphatic heterocycles. The molecule has 3 heterocycles. The van der Waals surface area contributed by atoms with Crippen molar-refractivity contribution in [2.24, 2.45) is 0 Å². The lowest BCUT2D eigenvalue weighted by molar-refractivity contribution is 0.0939. The third-order valence-corrected chi connectivity index (χ3v) is 6.83. The van der Waals surface area contributed by atoms with E-state index in [1.165, 1.54) is 5.56 Å². The highest BCUT2D eigenvalue weighted by Gasteiger charge is 2.34. The largest absolute Gasteiger partial charge is 0.349 e. The molecule has 0 bridgehead atoms. The number of fused-ring (bicyclic) bond motifs is 3. The van der Waals surface area contributed by atoms with Gasteiger partial charge in [-0.2, -0.15) is 5.10 Å². The second-order valence-corrected chi connectivity index (χ2v) is 9.68. The van der Waals surface area contributed by atoms with Crippen LogP contribution in [0, 0.1) is 6.92 Å². The van der Waals surface area contributed by atoms with Gasteiger partial charge in [0.1, 0.15) is 0 Å². The summed E-state index contributed by atoms with van der Waals surface area (Å²) in [5, 5.41) is 7.74. The Bertz CT molecular complexity index is 1420. The minimum Gasteiger partial charge on any atom is -0.349 e. The molecule has 0 radical (unpaired) electrons. The number of nitrogens with one attached hydrogen (secondary N) is 1. The molecule has 1 aromatic carbocycles. The van der Waals surface area contributed by atoms with Crippen LogP contribution in [0.3, 0.4) is 0 Å². The molecule has 6 rings (SSSR count). The van der Waals surface area contributed by atoms with E-state index >= 15 is 0 Å². The zero-order valence-corrected chi connectivity index (χ0v) is 20.0. The fourth-order valence-corrected chi connectivity index (χ4v) is 4.98. The molecule has 1 N–H and O–H groups in total. The molecule has 3 aromatic heterocycles. The summed E-state index contributed by atoms with van der Waals surface area (Å²) in [6.07, 6.45) is 8.28. The lowest BCUT2D eigenvalue weighted by Gasteiger charge is -2.19. The topological polar surface area (TPSA) is 85.6 Å². The lowest BCUT2D eigenvalue weighted by atomic mass is 9.90. The van der Waals surface area contributed by atoms with E-state index in [0.29, 0.717) is 23.9 Å². The van der Waals surface area contributed by atoms with Crippen LogP contribution in [-0.2, 0) is 19.3 Å². The van der Waals surface area contributed by atoms with Crippen molar-refractivity contribution in [1.29, 1.82) is 0 Å². The number of hydrogen-bond donors (Lipinski definition) is 1. The van der Waals surface area contributed by atoms with Crippen molar-refractivity contribution in [3.63, 3.8) is 0 Å². The molecule has 35 heavy (non-hydrogen) atoms. The van der Waals surface area contributed by atoms with Crippen LogP contribution >= 0.6 is 0 Å². The van der Waals surface area contributed by atoms with Gasteiger partial charge in [-0.3, -0.25) is 9.78 Å². The molecular weight excluding hydrogens is 436 g/mol. The summed E-state index contributed by atoms with van der Waals surface area (Å²) in [7, 11) is 0.